The first-order chi connectivity index (χ1) is 5.65. The van der Waals surface area contributed by atoms with Gasteiger partial charge in [-0.15, -0.1) is 0 Å². The van der Waals surface area contributed by atoms with Crippen LogP contribution in [0.5, 0.6) is 0 Å². The average Bonchev–Trinajstić information content (AvgIpc) is 2.08. The van der Waals surface area contributed by atoms with E-state index >= 15 is 0 Å². The second kappa shape index (κ2) is 3.58. The van der Waals surface area contributed by atoms with Crippen LogP contribution in [0.1, 0.15) is 6.42 Å². The minimum Gasteiger partial charge on any atom is -0.512 e. The maximum atomic E-state index is 11.1. The Labute approximate surface area is 71.4 Å². The predicted molar refractivity (Wildman–Crippen MR) is 43.8 cm³/mol. The Kier molecular flexibility index (Phi) is 2.70. The van der Waals surface area contributed by atoms with Crippen molar-refractivity contribution in [3.8, 4) is 0 Å². The first kappa shape index (κ1) is 9.06. The largest absolute Gasteiger partial charge is 0.512 e. The molecule has 0 saturated heterocycles. The number of esters is 1. The van der Waals surface area contributed by atoms with Gasteiger partial charge in [-0.2, -0.15) is 0 Å². The lowest BCUT2D eigenvalue weighted by atomic mass is 10.1. The van der Waals surface area contributed by atoms with Crippen LogP contribution in [-0.2, 0) is 9.53 Å². The molecule has 0 fully saturated rings. The van der Waals surface area contributed by atoms with Gasteiger partial charge < -0.3 is 14.7 Å². The molecule has 4 heteroatoms. The number of ether oxygens (including phenoxy) is 1. The van der Waals surface area contributed by atoms with Crippen LogP contribution in [0.25, 0.3) is 0 Å². The van der Waals surface area contributed by atoms with Crippen LogP contribution >= 0.6 is 0 Å². The first-order valence-electron chi connectivity index (χ1n) is 3.83. The standard InChI is InChI=1S/C8H13NO3/c1-9-4-3-7(10)6(5-9)8(11)12-2/h10H,3-5H2,1-2H3. The van der Waals surface area contributed by atoms with Gasteiger partial charge in [0.1, 0.15) is 5.76 Å². The fourth-order valence-corrected chi connectivity index (χ4v) is 1.19. The second-order valence-electron chi connectivity index (χ2n) is 2.90. The van der Waals surface area contributed by atoms with Crippen LogP contribution in [0.2, 0.25) is 0 Å². The van der Waals surface area contributed by atoms with E-state index in [0.29, 0.717) is 18.5 Å². The SMILES string of the molecule is COC(=O)C1=C(O)CCN(C)C1. The molecular formula is C8H13NO3. The van der Waals surface area contributed by atoms with Crippen molar-refractivity contribution >= 4 is 5.97 Å². The zero-order valence-electron chi connectivity index (χ0n) is 7.33. The molecule has 0 spiro atoms. The summed E-state index contributed by atoms with van der Waals surface area (Å²) >= 11 is 0. The Balaban J connectivity index is 2.77. The number of aliphatic hydroxyl groups excluding tert-OH is 1. The van der Waals surface area contributed by atoms with Crippen molar-refractivity contribution in [2.45, 2.75) is 6.42 Å². The number of hydrogen-bond acceptors (Lipinski definition) is 4. The fraction of sp³-hybridized carbons (Fsp3) is 0.625. The zero-order valence-corrected chi connectivity index (χ0v) is 7.33. The molecule has 0 unspecified atom stereocenters. The summed E-state index contributed by atoms with van der Waals surface area (Å²) in [6.45, 7) is 1.25. The lowest BCUT2D eigenvalue weighted by molar-refractivity contribution is -0.136. The van der Waals surface area contributed by atoms with Crippen molar-refractivity contribution < 1.29 is 14.6 Å². The van der Waals surface area contributed by atoms with Crippen LogP contribution in [0.3, 0.4) is 0 Å². The molecule has 0 radical (unpaired) electrons. The molecule has 12 heavy (non-hydrogen) atoms. The van der Waals surface area contributed by atoms with Gasteiger partial charge in [0.2, 0.25) is 0 Å². The van der Waals surface area contributed by atoms with Gasteiger partial charge in [0.15, 0.2) is 0 Å². The summed E-state index contributed by atoms with van der Waals surface area (Å²) in [6.07, 6.45) is 0.529. The topological polar surface area (TPSA) is 49.8 Å². The number of carbonyl (C=O) groups is 1. The van der Waals surface area contributed by atoms with Gasteiger partial charge in [-0.05, 0) is 7.05 Å². The number of aliphatic hydroxyl groups is 1. The summed E-state index contributed by atoms with van der Waals surface area (Å²) < 4.78 is 4.52. The highest BCUT2D eigenvalue weighted by Crippen LogP contribution is 2.14. The Bertz CT molecular complexity index is 222. The van der Waals surface area contributed by atoms with Gasteiger partial charge in [0.25, 0.3) is 0 Å². The molecule has 0 aromatic heterocycles. The Morgan fingerprint density at radius 2 is 2.33 bits per heavy atom. The lowest BCUT2D eigenvalue weighted by Gasteiger charge is -2.23. The van der Waals surface area contributed by atoms with Crippen molar-refractivity contribution in [3.05, 3.63) is 11.3 Å². The molecule has 0 aliphatic carbocycles. The van der Waals surface area contributed by atoms with Crippen LogP contribution in [0.4, 0.5) is 0 Å². The van der Waals surface area contributed by atoms with E-state index in [1.54, 1.807) is 0 Å². The molecular weight excluding hydrogens is 158 g/mol. The van der Waals surface area contributed by atoms with Gasteiger partial charge >= 0.3 is 5.97 Å². The van der Waals surface area contributed by atoms with Crippen molar-refractivity contribution in [2.24, 2.45) is 0 Å². The van der Waals surface area contributed by atoms with Crippen LogP contribution in [-0.4, -0.2) is 43.2 Å². The summed E-state index contributed by atoms with van der Waals surface area (Å²) in [5.74, 6) is -0.265. The number of rotatable bonds is 1. The Hall–Kier alpha value is -1.03. The summed E-state index contributed by atoms with van der Waals surface area (Å²) in [4.78, 5) is 13.0. The summed E-state index contributed by atoms with van der Waals surface area (Å²) in [5.41, 5.74) is 0.381. The van der Waals surface area contributed by atoms with E-state index in [0.717, 1.165) is 6.54 Å². The number of hydrogen-bond donors (Lipinski definition) is 1. The number of nitrogens with zero attached hydrogens (tertiary/aromatic N) is 1. The zero-order chi connectivity index (χ0) is 9.14. The van der Waals surface area contributed by atoms with Crippen LogP contribution in [0.15, 0.2) is 11.3 Å². The monoisotopic (exact) mass is 171 g/mol. The van der Waals surface area contributed by atoms with Gasteiger partial charge in [-0.1, -0.05) is 0 Å². The van der Waals surface area contributed by atoms with Gasteiger partial charge in [-0.25, -0.2) is 4.79 Å². The average molecular weight is 171 g/mol. The second-order valence-corrected chi connectivity index (χ2v) is 2.90. The van der Waals surface area contributed by atoms with Gasteiger partial charge in [0, 0.05) is 19.5 Å². The molecule has 68 valence electrons. The summed E-state index contributed by atoms with van der Waals surface area (Å²) in [5, 5.41) is 9.34. The summed E-state index contributed by atoms with van der Waals surface area (Å²) in [7, 11) is 3.21. The molecule has 1 heterocycles. The molecule has 1 rings (SSSR count). The molecule has 4 nitrogen and oxygen atoms in total. The molecule has 1 aliphatic heterocycles. The highest BCUT2D eigenvalue weighted by atomic mass is 16.5. The third kappa shape index (κ3) is 1.76. The molecule has 0 amide bonds. The van der Waals surface area contributed by atoms with E-state index in [4.69, 9.17) is 0 Å². The maximum absolute atomic E-state index is 11.1. The van der Waals surface area contributed by atoms with Crippen LogP contribution < -0.4 is 0 Å². The highest BCUT2D eigenvalue weighted by molar-refractivity contribution is 5.89. The van der Waals surface area contributed by atoms with Crippen molar-refractivity contribution in [1.29, 1.82) is 0 Å². The van der Waals surface area contributed by atoms with Gasteiger partial charge in [-0.3, -0.25) is 0 Å². The molecule has 1 N–H and O–H groups in total. The molecule has 1 aliphatic rings. The van der Waals surface area contributed by atoms with E-state index in [2.05, 4.69) is 4.74 Å². The van der Waals surface area contributed by atoms with E-state index in [9.17, 15) is 9.90 Å². The van der Waals surface area contributed by atoms with E-state index in [-0.39, 0.29) is 5.76 Å². The minimum absolute atomic E-state index is 0.167. The van der Waals surface area contributed by atoms with Crippen molar-refractivity contribution in [1.82, 2.24) is 4.90 Å². The van der Waals surface area contributed by atoms with E-state index in [1.165, 1.54) is 7.11 Å². The molecule has 0 saturated carbocycles. The first-order valence-corrected chi connectivity index (χ1v) is 3.83. The van der Waals surface area contributed by atoms with E-state index < -0.39 is 5.97 Å². The Morgan fingerprint density at radius 1 is 1.67 bits per heavy atom. The lowest BCUT2D eigenvalue weighted by Crippen LogP contribution is -2.31. The molecule has 0 aromatic rings. The van der Waals surface area contributed by atoms with Crippen LogP contribution in [0, 0.1) is 0 Å². The molecule has 0 bridgehead atoms. The molecule has 0 aromatic carbocycles. The number of carbonyl (C=O) groups excluding carboxylic acids is 1. The van der Waals surface area contributed by atoms with Crippen molar-refractivity contribution in [3.63, 3.8) is 0 Å². The smallest absolute Gasteiger partial charge is 0.338 e. The van der Waals surface area contributed by atoms with Gasteiger partial charge in [0.05, 0.1) is 12.7 Å². The number of methoxy groups -OCH3 is 1. The third-order valence-electron chi connectivity index (χ3n) is 1.94. The van der Waals surface area contributed by atoms with E-state index in [1.807, 2.05) is 11.9 Å². The highest BCUT2D eigenvalue weighted by Gasteiger charge is 2.21. The predicted octanol–water partition coefficient (Wildman–Crippen LogP) is 0.307. The maximum Gasteiger partial charge on any atom is 0.338 e. The Morgan fingerprint density at radius 3 is 2.92 bits per heavy atom. The third-order valence-corrected chi connectivity index (χ3v) is 1.94. The minimum atomic E-state index is -0.431. The van der Waals surface area contributed by atoms with Crippen molar-refractivity contribution in [2.75, 3.05) is 27.2 Å². The quantitative estimate of drug-likeness (QED) is 0.577. The molecule has 0 atom stereocenters. The normalized spacial score (nSPS) is 19.5. The fourth-order valence-electron chi connectivity index (χ4n) is 1.19. The number of likely N-dealkylation sites (N-methyl/N-ethyl adjacent to an activating group) is 1. The summed E-state index contributed by atoms with van der Waals surface area (Å²) in [6, 6.07) is 0.